The molecule has 24 valence electrons. The molecule has 0 bridgehead atoms. The Bertz CT molecular complexity index is 29.0. The second-order valence-electron chi connectivity index (χ2n) is 0.283. The summed E-state index contributed by atoms with van der Waals surface area (Å²) in [6, 6.07) is 0. The molecule has 3 heteroatoms. The van der Waals surface area contributed by atoms with E-state index in [1.165, 1.54) is 1.36 Å². The molecule has 0 aromatic carbocycles. The zero-order valence-corrected chi connectivity index (χ0v) is 7.95. The van der Waals surface area contributed by atoms with Crippen LogP contribution in [-0.2, 0) is 0 Å². The van der Waals surface area contributed by atoms with Gasteiger partial charge in [0.2, 0.25) is 0 Å². The predicted molar refractivity (Wildman–Crippen MR) is 25.1 cm³/mol. The average molecular weight is 300 g/mol. The Labute approximate surface area is 54.8 Å². The fraction of sp³-hybridized carbons (Fsp3) is 0. The van der Waals surface area contributed by atoms with Gasteiger partial charge in [-0.25, -0.2) is 0 Å². The van der Waals surface area contributed by atoms with Gasteiger partial charge in [0.05, 0.1) is 0 Å². The van der Waals surface area contributed by atoms with Crippen LogP contribution < -0.4 is 0 Å². The van der Waals surface area contributed by atoms with Gasteiger partial charge in [-0.1, -0.05) is 0 Å². The molecule has 4 heavy (non-hydrogen) atoms. The molecule has 0 amide bonds. The normalized spacial score (nSPS) is 6.50. The van der Waals surface area contributed by atoms with Crippen LogP contribution in [0.3, 0.4) is 0 Å². The van der Waals surface area contributed by atoms with Crippen LogP contribution in [0.1, 0.15) is 0 Å². The van der Waals surface area contributed by atoms with Crippen LogP contribution in [0.5, 0.6) is 0 Å². The van der Waals surface area contributed by atoms with Gasteiger partial charge < -0.3 is 0 Å². The Morgan fingerprint density at radius 1 is 2.00 bits per heavy atom. The number of rotatable bonds is 0. The quantitative estimate of drug-likeness (QED) is 0.456. The van der Waals surface area contributed by atoms with Crippen molar-refractivity contribution in [2.75, 3.05) is 0 Å². The fourth-order valence-corrected chi connectivity index (χ4v) is 0. The van der Waals surface area contributed by atoms with Gasteiger partial charge in [-0.15, -0.1) is 0 Å². The van der Waals surface area contributed by atoms with Gasteiger partial charge in [0.15, 0.2) is 0 Å². The fourth-order valence-electron chi connectivity index (χ4n) is 0. The van der Waals surface area contributed by atoms with Crippen LogP contribution in [0.2, 0.25) is 0 Å². The van der Waals surface area contributed by atoms with Crippen LogP contribution >= 0.6 is 0 Å². The molecule has 0 rings (SSSR count). The molecule has 0 aliphatic rings. The Kier molecular flexibility index (Phi) is 4.15. The van der Waals surface area contributed by atoms with Crippen molar-refractivity contribution in [2.45, 2.75) is 0 Å². The third kappa shape index (κ3) is 9.34. The van der Waals surface area contributed by atoms with E-state index in [2.05, 4.69) is 31.6 Å². The van der Waals surface area contributed by atoms with Gasteiger partial charge in [0, 0.05) is 0 Å². The second-order valence-corrected chi connectivity index (χ2v) is 9.13. The zero-order chi connectivity index (χ0) is 3.58. The van der Waals surface area contributed by atoms with E-state index in [-0.39, 0.29) is 0 Å². The molecule has 0 aromatic rings. The molecule has 0 saturated heterocycles. The molecule has 0 aliphatic heterocycles. The van der Waals surface area contributed by atoms with Crippen molar-refractivity contribution in [3.63, 3.8) is 0 Å². The van der Waals surface area contributed by atoms with Crippen LogP contribution in [-0.4, -0.2) is 55.2 Å². The first-order chi connectivity index (χ1) is 1.73. The van der Waals surface area contributed by atoms with Crippen molar-refractivity contribution in [3.8, 4) is 0 Å². The summed E-state index contributed by atoms with van der Waals surface area (Å²) in [5, 5.41) is 0. The Morgan fingerprint density at radius 3 is 2.00 bits per heavy atom. The summed E-state index contributed by atoms with van der Waals surface area (Å²) in [6.45, 7) is 0. The molecular weight excluding hydrogens is 298 g/mol. The average Bonchev–Trinajstić information content (AvgIpc) is 0.811. The van der Waals surface area contributed by atoms with Crippen molar-refractivity contribution < 1.29 is 0 Å². The third-order valence-electron chi connectivity index (χ3n) is 0. The standard InChI is InChI=1S/CH2Se2Te/c2-1(3)4/h(H2,2,3,4). The minimum atomic E-state index is 1.28. The van der Waals surface area contributed by atoms with Crippen LogP contribution in [0, 0.1) is 0 Å². The van der Waals surface area contributed by atoms with Crippen LogP contribution in [0.4, 0.5) is 0 Å². The van der Waals surface area contributed by atoms with E-state index in [0.29, 0.717) is 0 Å². The van der Waals surface area contributed by atoms with Gasteiger partial charge in [0.25, 0.3) is 0 Å². The molecule has 0 saturated carbocycles. The van der Waals surface area contributed by atoms with E-state index in [9.17, 15) is 0 Å². The molecule has 0 aromatic heterocycles. The van der Waals surface area contributed by atoms with Crippen LogP contribution in [0.25, 0.3) is 0 Å². The van der Waals surface area contributed by atoms with E-state index < -0.39 is 0 Å². The van der Waals surface area contributed by atoms with Crippen molar-refractivity contribution in [3.05, 3.63) is 0 Å². The Morgan fingerprint density at radius 2 is 2.00 bits per heavy atom. The molecule has 0 atom stereocenters. The van der Waals surface area contributed by atoms with Crippen molar-refractivity contribution in [2.24, 2.45) is 0 Å². The topological polar surface area (TPSA) is 0 Å². The van der Waals surface area contributed by atoms with Gasteiger partial charge in [0.1, 0.15) is 0 Å². The summed E-state index contributed by atoms with van der Waals surface area (Å²) < 4.78 is 1.28. The molecule has 0 fully saturated rings. The SMILES string of the molecule is [Se]=C([SeH])[TeH]. The number of hydrogen-bond acceptors (Lipinski definition) is 0. The van der Waals surface area contributed by atoms with Crippen molar-refractivity contribution in [1.29, 1.82) is 0 Å². The molecule has 0 spiro atoms. The maximum absolute atomic E-state index is 2.81. The third-order valence-corrected chi connectivity index (χ3v) is 0. The summed E-state index contributed by atoms with van der Waals surface area (Å²) in [6.07, 6.45) is 0. The molecule has 0 heterocycles. The van der Waals surface area contributed by atoms with E-state index in [1.54, 1.807) is 22.3 Å². The van der Waals surface area contributed by atoms with E-state index in [1.807, 2.05) is 0 Å². The Hall–Kier alpha value is 1.70. The molecular formula is CH2Se2Te. The first-order valence-electron chi connectivity index (χ1n) is 0.651. The predicted octanol–water partition coefficient (Wildman–Crippen LogP) is -1.96. The van der Waals surface area contributed by atoms with E-state index in [0.717, 1.165) is 0 Å². The minimum absolute atomic E-state index is 1.28. The summed E-state index contributed by atoms with van der Waals surface area (Å²) in [5.74, 6) is 0. The van der Waals surface area contributed by atoms with Gasteiger partial charge >= 0.3 is 55.2 Å². The van der Waals surface area contributed by atoms with E-state index >= 15 is 0 Å². The molecule has 0 nitrogen and oxygen atoms in total. The van der Waals surface area contributed by atoms with Gasteiger partial charge in [-0.05, 0) is 0 Å². The number of hydrogen-bond donors (Lipinski definition) is 0. The molecule has 0 aliphatic carbocycles. The van der Waals surface area contributed by atoms with Crippen LogP contribution in [0.15, 0.2) is 0 Å². The Balaban J connectivity index is 2.80. The molecule has 0 N–H and O–H groups in total. The molecule has 0 unspecified atom stereocenters. The summed E-state index contributed by atoms with van der Waals surface area (Å²) >= 11 is 6.94. The summed E-state index contributed by atoms with van der Waals surface area (Å²) in [7, 11) is 0. The van der Waals surface area contributed by atoms with Gasteiger partial charge in [-0.2, -0.15) is 0 Å². The van der Waals surface area contributed by atoms with Crippen molar-refractivity contribution in [1.82, 2.24) is 0 Å². The second kappa shape index (κ2) is 2.91. The van der Waals surface area contributed by atoms with Gasteiger partial charge in [-0.3, -0.25) is 0 Å². The first-order valence-corrected chi connectivity index (χ1v) is 3.72. The molecule has 0 radical (unpaired) electrons. The zero-order valence-electron chi connectivity index (χ0n) is 1.80. The van der Waals surface area contributed by atoms with Crippen molar-refractivity contribution >= 4 is 55.2 Å². The summed E-state index contributed by atoms with van der Waals surface area (Å²) in [5.41, 5.74) is 0. The monoisotopic (exact) mass is 304 g/mol. The van der Waals surface area contributed by atoms with E-state index in [4.69, 9.17) is 0 Å². The maximum atomic E-state index is 2.81. The summed E-state index contributed by atoms with van der Waals surface area (Å²) in [4.78, 5) is 0. The first kappa shape index (κ1) is 5.70.